The van der Waals surface area contributed by atoms with E-state index in [1.807, 2.05) is 11.9 Å². The summed E-state index contributed by atoms with van der Waals surface area (Å²) in [6.07, 6.45) is 1.66. The third kappa shape index (κ3) is 2.22. The fourth-order valence-electron chi connectivity index (χ4n) is 2.19. The molecule has 1 aliphatic rings. The number of carbonyl (C=O) groups is 1. The van der Waals surface area contributed by atoms with Crippen LogP contribution in [0.2, 0.25) is 0 Å². The Kier molecular flexibility index (Phi) is 2.79. The van der Waals surface area contributed by atoms with Crippen LogP contribution in [0.15, 0.2) is 6.20 Å². The van der Waals surface area contributed by atoms with Gasteiger partial charge in [0.05, 0.1) is 24.7 Å². The zero-order valence-corrected chi connectivity index (χ0v) is 10.6. The molecule has 0 atom stereocenters. The molecule has 3 heterocycles. The van der Waals surface area contributed by atoms with Gasteiger partial charge in [-0.15, -0.1) is 0 Å². The Labute approximate surface area is 109 Å². The van der Waals surface area contributed by atoms with Gasteiger partial charge in [0, 0.05) is 20.1 Å². The van der Waals surface area contributed by atoms with E-state index in [1.54, 1.807) is 10.9 Å². The molecule has 0 radical (unpaired) electrons. The lowest BCUT2D eigenvalue weighted by atomic mass is 10.3. The standard InChI is InChI=1S/C11H15N7O/c1-17-11-7(4-14-17)10(12)15-8(16-11)5-18-3-2-13-9(19)6-18/h4H,2-3,5-6H2,1H3,(H,13,19)(H2,12,15,16). The van der Waals surface area contributed by atoms with Gasteiger partial charge in [-0.2, -0.15) is 5.10 Å². The molecule has 8 nitrogen and oxygen atoms in total. The number of piperazine rings is 1. The van der Waals surface area contributed by atoms with Crippen molar-refractivity contribution in [2.45, 2.75) is 6.54 Å². The Bertz CT molecular complexity index is 635. The highest BCUT2D eigenvalue weighted by Gasteiger charge is 2.18. The Morgan fingerprint density at radius 3 is 3.11 bits per heavy atom. The molecular weight excluding hydrogens is 246 g/mol. The lowest BCUT2D eigenvalue weighted by Gasteiger charge is -2.25. The molecule has 19 heavy (non-hydrogen) atoms. The summed E-state index contributed by atoms with van der Waals surface area (Å²) in [6.45, 7) is 2.33. The summed E-state index contributed by atoms with van der Waals surface area (Å²) < 4.78 is 1.67. The van der Waals surface area contributed by atoms with Gasteiger partial charge in [-0.05, 0) is 0 Å². The van der Waals surface area contributed by atoms with Crippen molar-refractivity contribution in [1.82, 2.24) is 30.0 Å². The largest absolute Gasteiger partial charge is 0.383 e. The molecule has 3 rings (SSSR count). The van der Waals surface area contributed by atoms with Crippen molar-refractivity contribution in [2.75, 3.05) is 25.4 Å². The van der Waals surface area contributed by atoms with Crippen LogP contribution in [-0.4, -0.2) is 50.2 Å². The molecule has 0 aliphatic carbocycles. The van der Waals surface area contributed by atoms with Gasteiger partial charge in [0.2, 0.25) is 5.91 Å². The van der Waals surface area contributed by atoms with Crippen LogP contribution in [0.4, 0.5) is 5.82 Å². The number of nitrogens with one attached hydrogen (secondary N) is 1. The van der Waals surface area contributed by atoms with E-state index < -0.39 is 0 Å². The summed E-state index contributed by atoms with van der Waals surface area (Å²) in [6, 6.07) is 0. The topological polar surface area (TPSA) is 102 Å². The van der Waals surface area contributed by atoms with Crippen LogP contribution in [0.1, 0.15) is 5.82 Å². The Morgan fingerprint density at radius 2 is 2.32 bits per heavy atom. The summed E-state index contributed by atoms with van der Waals surface area (Å²) in [5.74, 6) is 1.07. The van der Waals surface area contributed by atoms with Crippen molar-refractivity contribution in [3.05, 3.63) is 12.0 Å². The SMILES string of the molecule is Cn1ncc2c(N)nc(CN3CCNC(=O)C3)nc21. The molecule has 3 N–H and O–H groups in total. The smallest absolute Gasteiger partial charge is 0.234 e. The molecule has 0 unspecified atom stereocenters. The van der Waals surface area contributed by atoms with E-state index in [0.29, 0.717) is 36.9 Å². The second kappa shape index (κ2) is 4.47. The first-order valence-corrected chi connectivity index (χ1v) is 6.06. The first kappa shape index (κ1) is 11.8. The van der Waals surface area contributed by atoms with E-state index in [1.165, 1.54) is 0 Å². The lowest BCUT2D eigenvalue weighted by molar-refractivity contribution is -0.124. The van der Waals surface area contributed by atoms with Gasteiger partial charge in [0.1, 0.15) is 11.6 Å². The summed E-state index contributed by atoms with van der Waals surface area (Å²) in [4.78, 5) is 22.0. The highest BCUT2D eigenvalue weighted by molar-refractivity contribution is 5.85. The third-order valence-corrected chi connectivity index (χ3v) is 3.15. The van der Waals surface area contributed by atoms with Gasteiger partial charge in [0.25, 0.3) is 0 Å². The average Bonchev–Trinajstić information content (AvgIpc) is 2.72. The van der Waals surface area contributed by atoms with Crippen LogP contribution in [0.3, 0.4) is 0 Å². The summed E-state index contributed by atoms with van der Waals surface area (Å²) >= 11 is 0. The molecule has 1 amide bonds. The zero-order valence-electron chi connectivity index (χ0n) is 10.6. The fraction of sp³-hybridized carbons (Fsp3) is 0.455. The lowest BCUT2D eigenvalue weighted by Crippen LogP contribution is -2.47. The quantitative estimate of drug-likeness (QED) is 0.710. The van der Waals surface area contributed by atoms with Crippen molar-refractivity contribution in [3.63, 3.8) is 0 Å². The average molecular weight is 261 g/mol. The number of nitrogens with zero attached hydrogens (tertiary/aromatic N) is 5. The zero-order chi connectivity index (χ0) is 13.4. The Morgan fingerprint density at radius 1 is 1.47 bits per heavy atom. The normalized spacial score (nSPS) is 16.8. The molecule has 8 heteroatoms. The predicted octanol–water partition coefficient (Wildman–Crippen LogP) is -1.12. The van der Waals surface area contributed by atoms with Crippen LogP contribution >= 0.6 is 0 Å². The van der Waals surface area contributed by atoms with E-state index >= 15 is 0 Å². The molecule has 100 valence electrons. The second-order valence-corrected chi connectivity index (χ2v) is 4.59. The number of aromatic nitrogens is 4. The van der Waals surface area contributed by atoms with Crippen LogP contribution in [-0.2, 0) is 18.4 Å². The molecule has 1 saturated heterocycles. The Hall–Kier alpha value is -2.22. The molecular formula is C11H15N7O. The maximum atomic E-state index is 11.3. The van der Waals surface area contributed by atoms with Crippen LogP contribution in [0.25, 0.3) is 11.0 Å². The van der Waals surface area contributed by atoms with E-state index in [2.05, 4.69) is 20.4 Å². The molecule has 1 fully saturated rings. The highest BCUT2D eigenvalue weighted by atomic mass is 16.2. The number of rotatable bonds is 2. The number of nitrogens with two attached hydrogens (primary N) is 1. The molecule has 0 spiro atoms. The first-order valence-electron chi connectivity index (χ1n) is 6.06. The number of carbonyl (C=O) groups excluding carboxylic acids is 1. The first-order chi connectivity index (χ1) is 9.13. The molecule has 0 aromatic carbocycles. The van der Waals surface area contributed by atoms with Crippen molar-refractivity contribution in [1.29, 1.82) is 0 Å². The van der Waals surface area contributed by atoms with Crippen LogP contribution in [0.5, 0.6) is 0 Å². The number of anilines is 1. The molecule has 2 aromatic rings. The number of aryl methyl sites for hydroxylation is 1. The Balaban J connectivity index is 1.88. The van der Waals surface area contributed by atoms with E-state index in [0.717, 1.165) is 11.9 Å². The van der Waals surface area contributed by atoms with Gasteiger partial charge in [-0.3, -0.25) is 14.4 Å². The number of hydrogen-bond acceptors (Lipinski definition) is 6. The van der Waals surface area contributed by atoms with Crippen molar-refractivity contribution >= 4 is 22.8 Å². The highest BCUT2D eigenvalue weighted by Crippen LogP contribution is 2.17. The summed E-state index contributed by atoms with van der Waals surface area (Å²) in [7, 11) is 1.81. The minimum Gasteiger partial charge on any atom is -0.383 e. The van der Waals surface area contributed by atoms with Gasteiger partial charge in [-0.25, -0.2) is 9.97 Å². The minimum absolute atomic E-state index is 0.0285. The molecule has 0 saturated carbocycles. The second-order valence-electron chi connectivity index (χ2n) is 4.59. The minimum atomic E-state index is 0.0285. The summed E-state index contributed by atoms with van der Waals surface area (Å²) in [5, 5.41) is 7.65. The molecule has 2 aromatic heterocycles. The fourth-order valence-corrected chi connectivity index (χ4v) is 2.19. The maximum Gasteiger partial charge on any atom is 0.234 e. The van der Waals surface area contributed by atoms with Crippen molar-refractivity contribution in [2.24, 2.45) is 7.05 Å². The van der Waals surface area contributed by atoms with Crippen molar-refractivity contribution < 1.29 is 4.79 Å². The van der Waals surface area contributed by atoms with Gasteiger partial charge in [0.15, 0.2) is 5.65 Å². The number of nitrogen functional groups attached to an aromatic ring is 1. The van der Waals surface area contributed by atoms with Crippen LogP contribution < -0.4 is 11.1 Å². The number of hydrogen-bond donors (Lipinski definition) is 2. The predicted molar refractivity (Wildman–Crippen MR) is 69.0 cm³/mol. The van der Waals surface area contributed by atoms with E-state index in [-0.39, 0.29) is 5.91 Å². The molecule has 0 bridgehead atoms. The monoisotopic (exact) mass is 261 g/mol. The molecule has 1 aliphatic heterocycles. The van der Waals surface area contributed by atoms with Gasteiger partial charge in [-0.1, -0.05) is 0 Å². The van der Waals surface area contributed by atoms with Crippen LogP contribution in [0, 0.1) is 0 Å². The van der Waals surface area contributed by atoms with E-state index in [9.17, 15) is 4.79 Å². The maximum absolute atomic E-state index is 11.3. The number of amides is 1. The number of fused-ring (bicyclic) bond motifs is 1. The summed E-state index contributed by atoms with van der Waals surface area (Å²) in [5.41, 5.74) is 6.61. The van der Waals surface area contributed by atoms with Crippen molar-refractivity contribution in [3.8, 4) is 0 Å². The van der Waals surface area contributed by atoms with E-state index in [4.69, 9.17) is 5.73 Å². The van der Waals surface area contributed by atoms with Gasteiger partial charge >= 0.3 is 0 Å². The van der Waals surface area contributed by atoms with Gasteiger partial charge < -0.3 is 11.1 Å². The third-order valence-electron chi connectivity index (χ3n) is 3.15.